The van der Waals surface area contributed by atoms with Crippen molar-refractivity contribution in [2.75, 3.05) is 31.6 Å². The molecule has 0 aliphatic heterocycles. The molecule has 0 N–H and O–H groups in total. The van der Waals surface area contributed by atoms with Gasteiger partial charge in [-0.25, -0.2) is 4.39 Å². The van der Waals surface area contributed by atoms with Crippen LogP contribution in [-0.2, 0) is 38.2 Å². The lowest BCUT2D eigenvalue weighted by Crippen LogP contribution is -2.40. The molecule has 57 heavy (non-hydrogen) atoms. The Morgan fingerprint density at radius 2 is 1.26 bits per heavy atom. The standard InChI is InChI=1S/C40H37F4NO10S2/c1-24-7-11-26(12-8-24)22-45(39(46)40(42,43)44)29-16-17-30(32(41)20-29)31-21-35(51-3)36(38(37(31)52-4)55-57(6,49)50)28-15-18-33(34(19-28)54-56(5,47)48)53-23-27-13-9-25(2)10-14-27/h7-21H,22-23H2,1-6H3. The number of benzene rings is 5. The average molecular weight is 832 g/mol. The van der Waals surface area contributed by atoms with Crippen molar-refractivity contribution in [2.45, 2.75) is 33.2 Å². The number of carbonyl (C=O) groups is 1. The van der Waals surface area contributed by atoms with Crippen LogP contribution in [0.2, 0.25) is 0 Å². The van der Waals surface area contributed by atoms with Crippen LogP contribution in [0, 0.1) is 19.7 Å². The Bertz CT molecular complexity index is 2510. The zero-order valence-corrected chi connectivity index (χ0v) is 33.1. The minimum atomic E-state index is -5.29. The average Bonchev–Trinajstić information content (AvgIpc) is 3.12. The van der Waals surface area contributed by atoms with Gasteiger partial charge in [0.1, 0.15) is 18.2 Å². The summed E-state index contributed by atoms with van der Waals surface area (Å²) < 4.78 is 135. The second-order valence-corrected chi connectivity index (χ2v) is 16.1. The van der Waals surface area contributed by atoms with Gasteiger partial charge in [-0.3, -0.25) is 4.79 Å². The highest BCUT2D eigenvalue weighted by molar-refractivity contribution is 7.86. The van der Waals surface area contributed by atoms with Gasteiger partial charge in [-0.05, 0) is 66.9 Å². The Morgan fingerprint density at radius 3 is 1.79 bits per heavy atom. The van der Waals surface area contributed by atoms with Crippen LogP contribution >= 0.6 is 0 Å². The minimum Gasteiger partial charge on any atom is -0.496 e. The lowest BCUT2D eigenvalue weighted by Gasteiger charge is -2.25. The summed E-state index contributed by atoms with van der Waals surface area (Å²) in [5.74, 6) is -4.59. The van der Waals surface area contributed by atoms with Crippen LogP contribution in [0.4, 0.5) is 23.2 Å². The third-order valence-electron chi connectivity index (χ3n) is 8.35. The molecule has 5 aromatic carbocycles. The molecule has 0 spiro atoms. The topological polar surface area (TPSA) is 135 Å². The van der Waals surface area contributed by atoms with E-state index >= 15 is 4.39 Å². The maximum absolute atomic E-state index is 16.2. The van der Waals surface area contributed by atoms with E-state index in [-0.39, 0.29) is 51.9 Å². The zero-order valence-electron chi connectivity index (χ0n) is 31.4. The normalized spacial score (nSPS) is 11.8. The fraction of sp³-hybridized carbons (Fsp3) is 0.225. The van der Waals surface area contributed by atoms with Crippen LogP contribution in [0.5, 0.6) is 28.7 Å². The molecular weight excluding hydrogens is 795 g/mol. The number of hydrogen-bond donors (Lipinski definition) is 0. The molecule has 5 aromatic rings. The summed E-state index contributed by atoms with van der Waals surface area (Å²) in [6, 6.07) is 22.1. The molecule has 0 radical (unpaired) electrons. The number of methoxy groups -OCH3 is 2. The molecule has 0 aromatic heterocycles. The van der Waals surface area contributed by atoms with E-state index in [1.165, 1.54) is 31.4 Å². The summed E-state index contributed by atoms with van der Waals surface area (Å²) in [7, 11) is -6.15. The van der Waals surface area contributed by atoms with Crippen molar-refractivity contribution in [3.8, 4) is 51.0 Å². The summed E-state index contributed by atoms with van der Waals surface area (Å²) >= 11 is 0. The summed E-state index contributed by atoms with van der Waals surface area (Å²) in [4.78, 5) is 13.0. The van der Waals surface area contributed by atoms with Gasteiger partial charge in [0.25, 0.3) is 0 Å². The zero-order chi connectivity index (χ0) is 41.9. The maximum Gasteiger partial charge on any atom is 0.471 e. The van der Waals surface area contributed by atoms with Gasteiger partial charge in [-0.15, -0.1) is 0 Å². The Hall–Kier alpha value is -5.81. The van der Waals surface area contributed by atoms with E-state index in [9.17, 15) is 34.8 Å². The molecule has 0 saturated heterocycles. The lowest BCUT2D eigenvalue weighted by molar-refractivity contribution is -0.170. The van der Waals surface area contributed by atoms with Gasteiger partial charge in [0, 0.05) is 16.8 Å². The lowest BCUT2D eigenvalue weighted by atomic mass is 9.95. The first-order valence-electron chi connectivity index (χ1n) is 16.8. The number of aryl methyl sites for hydroxylation is 2. The van der Waals surface area contributed by atoms with Crippen molar-refractivity contribution in [1.82, 2.24) is 0 Å². The largest absolute Gasteiger partial charge is 0.496 e. The number of alkyl halides is 3. The van der Waals surface area contributed by atoms with E-state index in [4.69, 9.17) is 22.6 Å². The maximum atomic E-state index is 16.2. The minimum absolute atomic E-state index is 0.0143. The van der Waals surface area contributed by atoms with Gasteiger partial charge in [0.2, 0.25) is 0 Å². The summed E-state index contributed by atoms with van der Waals surface area (Å²) in [5, 5.41) is 0. The second-order valence-electron chi connectivity index (χ2n) is 12.9. The third-order valence-corrected chi connectivity index (χ3v) is 9.30. The molecule has 0 unspecified atom stereocenters. The number of hydrogen-bond acceptors (Lipinski definition) is 10. The van der Waals surface area contributed by atoms with Gasteiger partial charge in [0.05, 0.1) is 38.8 Å². The fourth-order valence-electron chi connectivity index (χ4n) is 5.74. The molecular formula is C40H37F4NO10S2. The Morgan fingerprint density at radius 1 is 0.667 bits per heavy atom. The molecule has 0 saturated carbocycles. The van der Waals surface area contributed by atoms with Crippen LogP contribution in [-0.4, -0.2) is 55.7 Å². The smallest absolute Gasteiger partial charge is 0.471 e. The van der Waals surface area contributed by atoms with Crippen molar-refractivity contribution in [2.24, 2.45) is 0 Å². The van der Waals surface area contributed by atoms with E-state index in [0.29, 0.717) is 10.5 Å². The summed E-state index contributed by atoms with van der Waals surface area (Å²) in [6.45, 7) is 3.20. The SMILES string of the molecule is COc1cc(-c2ccc(N(Cc3ccc(C)cc3)C(=O)C(F)(F)F)cc2F)c(OC)c(OS(C)(=O)=O)c1-c1ccc(OCc2ccc(C)cc2)c(OS(C)(=O)=O)c1. The van der Waals surface area contributed by atoms with Crippen molar-refractivity contribution >= 4 is 31.8 Å². The molecule has 0 aliphatic carbocycles. The van der Waals surface area contributed by atoms with Crippen molar-refractivity contribution in [3.63, 3.8) is 0 Å². The number of halogens is 4. The summed E-state index contributed by atoms with van der Waals surface area (Å²) in [5.41, 5.74) is 2.10. The Kier molecular flexibility index (Phi) is 12.4. The first-order chi connectivity index (χ1) is 26.7. The first-order valence-corrected chi connectivity index (χ1v) is 20.5. The van der Waals surface area contributed by atoms with Gasteiger partial charge in [-0.2, -0.15) is 30.0 Å². The summed E-state index contributed by atoms with van der Waals surface area (Å²) in [6.07, 6.45) is -3.73. The predicted molar refractivity (Wildman–Crippen MR) is 205 cm³/mol. The first kappa shape index (κ1) is 42.3. The number of carbonyl (C=O) groups excluding carboxylic acids is 1. The predicted octanol–water partition coefficient (Wildman–Crippen LogP) is 8.15. The molecule has 11 nitrogen and oxygen atoms in total. The van der Waals surface area contributed by atoms with Crippen molar-refractivity contribution in [1.29, 1.82) is 0 Å². The highest BCUT2D eigenvalue weighted by Crippen LogP contribution is 2.52. The molecule has 1 amide bonds. The van der Waals surface area contributed by atoms with E-state index in [1.54, 1.807) is 31.2 Å². The van der Waals surface area contributed by atoms with Crippen LogP contribution in [0.25, 0.3) is 22.3 Å². The molecule has 0 heterocycles. The van der Waals surface area contributed by atoms with Crippen molar-refractivity contribution in [3.05, 3.63) is 119 Å². The van der Waals surface area contributed by atoms with Crippen LogP contribution < -0.4 is 27.5 Å². The molecule has 0 bridgehead atoms. The Labute approximate surface area is 327 Å². The number of nitrogens with zero attached hydrogens (tertiary/aromatic N) is 1. The highest BCUT2D eigenvalue weighted by atomic mass is 32.2. The van der Waals surface area contributed by atoms with E-state index < -0.39 is 56.1 Å². The quantitative estimate of drug-likeness (QED) is 0.0798. The Balaban J connectivity index is 1.66. The number of rotatable bonds is 14. The molecule has 0 fully saturated rings. The number of anilines is 1. The van der Waals surface area contributed by atoms with E-state index in [2.05, 4.69) is 0 Å². The van der Waals surface area contributed by atoms with Gasteiger partial charge in [0.15, 0.2) is 23.0 Å². The van der Waals surface area contributed by atoms with E-state index in [1.807, 2.05) is 31.2 Å². The monoisotopic (exact) mass is 831 g/mol. The van der Waals surface area contributed by atoms with Crippen LogP contribution in [0.1, 0.15) is 22.3 Å². The van der Waals surface area contributed by atoms with Gasteiger partial charge < -0.3 is 27.5 Å². The van der Waals surface area contributed by atoms with Crippen molar-refractivity contribution < 1.29 is 61.8 Å². The second kappa shape index (κ2) is 16.7. The van der Waals surface area contributed by atoms with Gasteiger partial charge >= 0.3 is 32.3 Å². The van der Waals surface area contributed by atoms with Gasteiger partial charge in [-0.1, -0.05) is 65.7 Å². The van der Waals surface area contributed by atoms with E-state index in [0.717, 1.165) is 54.5 Å². The molecule has 17 heteroatoms. The molecule has 0 aliphatic rings. The van der Waals surface area contributed by atoms with Crippen LogP contribution in [0.15, 0.2) is 91.0 Å². The number of ether oxygens (including phenoxy) is 3. The fourth-order valence-corrected chi connectivity index (χ4v) is 6.66. The number of amides is 1. The highest BCUT2D eigenvalue weighted by Gasteiger charge is 2.43. The molecule has 0 atom stereocenters. The molecule has 302 valence electrons. The van der Waals surface area contributed by atoms with Crippen LogP contribution in [0.3, 0.4) is 0 Å². The molecule has 5 rings (SSSR count). The third kappa shape index (κ3) is 10.5.